The van der Waals surface area contributed by atoms with Crippen molar-refractivity contribution in [2.75, 3.05) is 0 Å². The quantitative estimate of drug-likeness (QED) is 0.512. The topological polar surface area (TPSA) is 47.6 Å². The number of hydrogen-bond acceptors (Lipinski definition) is 2. The first-order valence-electron chi connectivity index (χ1n) is 3.09. The highest BCUT2D eigenvalue weighted by Crippen LogP contribution is 2.29. The highest BCUT2D eigenvalue weighted by atomic mass is 35.5. The van der Waals surface area contributed by atoms with Gasteiger partial charge < -0.3 is 0 Å². The molecule has 0 aromatic carbocycles. The van der Waals surface area contributed by atoms with Crippen molar-refractivity contribution < 1.29 is 0 Å². The highest BCUT2D eigenvalue weighted by molar-refractivity contribution is 6.28. The Morgan fingerprint density at radius 2 is 2.09 bits per heavy atom. The number of halogens is 1. The summed E-state index contributed by atoms with van der Waals surface area (Å²) in [5, 5.41) is 17.2. The molecule has 0 radical (unpaired) electrons. The minimum atomic E-state index is -1.16. The Kier molecular flexibility index (Phi) is 1.98. The van der Waals surface area contributed by atoms with Gasteiger partial charge in [-0.25, -0.2) is 0 Å². The summed E-state index contributed by atoms with van der Waals surface area (Å²) in [4.78, 5) is -1.16. The van der Waals surface area contributed by atoms with Crippen molar-refractivity contribution in [3.05, 3.63) is 24.3 Å². The molecule has 11 heavy (non-hydrogen) atoms. The molecule has 0 aromatic heterocycles. The molecule has 54 valence electrons. The lowest BCUT2D eigenvalue weighted by Crippen LogP contribution is -2.26. The molecular weight excluding hydrogens is 160 g/mol. The second-order valence-corrected chi connectivity index (χ2v) is 2.86. The second-order valence-electron chi connectivity index (χ2n) is 2.23. The Morgan fingerprint density at radius 3 is 2.55 bits per heavy atom. The molecule has 0 bridgehead atoms. The third-order valence-corrected chi connectivity index (χ3v) is 1.96. The van der Waals surface area contributed by atoms with Crippen molar-refractivity contribution >= 4 is 11.6 Å². The maximum Gasteiger partial charge on any atom is 0.168 e. The van der Waals surface area contributed by atoms with Gasteiger partial charge >= 0.3 is 0 Å². The van der Waals surface area contributed by atoms with E-state index in [-0.39, 0.29) is 0 Å². The number of alkyl halides is 1. The van der Waals surface area contributed by atoms with E-state index in [2.05, 4.69) is 0 Å². The summed E-state index contributed by atoms with van der Waals surface area (Å²) >= 11 is 5.80. The average Bonchev–Trinajstić information content (AvgIpc) is 2.05. The molecule has 2 unspecified atom stereocenters. The molecule has 1 rings (SSSR count). The van der Waals surface area contributed by atoms with E-state index in [0.29, 0.717) is 0 Å². The van der Waals surface area contributed by atoms with Crippen molar-refractivity contribution in [3.8, 4) is 12.1 Å². The fourth-order valence-electron chi connectivity index (χ4n) is 0.858. The Labute approximate surface area is 70.0 Å². The van der Waals surface area contributed by atoms with Crippen molar-refractivity contribution in [3.63, 3.8) is 0 Å². The predicted octanol–water partition coefficient (Wildman–Crippen LogP) is 1.75. The van der Waals surface area contributed by atoms with Gasteiger partial charge in [-0.2, -0.15) is 10.5 Å². The van der Waals surface area contributed by atoms with E-state index in [4.69, 9.17) is 22.1 Å². The number of nitrogens with zero attached hydrogens (tertiary/aromatic N) is 2. The van der Waals surface area contributed by atoms with Gasteiger partial charge in [0, 0.05) is 0 Å². The van der Waals surface area contributed by atoms with Crippen molar-refractivity contribution in [2.45, 2.75) is 4.87 Å². The minimum absolute atomic E-state index is 0.542. The summed E-state index contributed by atoms with van der Waals surface area (Å²) < 4.78 is 0. The van der Waals surface area contributed by atoms with E-state index >= 15 is 0 Å². The molecule has 1 aliphatic rings. The fraction of sp³-hybridized carbons (Fsp3) is 0.250. The van der Waals surface area contributed by atoms with Crippen molar-refractivity contribution in [2.24, 2.45) is 5.92 Å². The lowest BCUT2D eigenvalue weighted by molar-refractivity contribution is 0.731. The van der Waals surface area contributed by atoms with Crippen LogP contribution < -0.4 is 0 Å². The number of nitriles is 2. The van der Waals surface area contributed by atoms with E-state index in [1.54, 1.807) is 18.2 Å². The summed E-state index contributed by atoms with van der Waals surface area (Å²) in [5.41, 5.74) is 0. The summed E-state index contributed by atoms with van der Waals surface area (Å²) in [6.07, 6.45) is 6.54. The van der Waals surface area contributed by atoms with Crippen LogP contribution in [0.2, 0.25) is 0 Å². The van der Waals surface area contributed by atoms with E-state index in [1.807, 2.05) is 12.1 Å². The molecule has 0 fully saturated rings. The first-order valence-corrected chi connectivity index (χ1v) is 3.46. The van der Waals surface area contributed by atoms with Crippen LogP contribution in [0.4, 0.5) is 0 Å². The van der Waals surface area contributed by atoms with Crippen LogP contribution >= 0.6 is 11.6 Å². The van der Waals surface area contributed by atoms with E-state index in [0.717, 1.165) is 0 Å². The molecule has 0 N–H and O–H groups in total. The number of rotatable bonds is 0. The van der Waals surface area contributed by atoms with Crippen LogP contribution in [0.25, 0.3) is 0 Å². The first-order chi connectivity index (χ1) is 5.23. The lowest BCUT2D eigenvalue weighted by atomic mass is 9.90. The van der Waals surface area contributed by atoms with Crippen LogP contribution in [0.1, 0.15) is 0 Å². The van der Waals surface area contributed by atoms with Gasteiger partial charge in [-0.1, -0.05) is 29.8 Å². The van der Waals surface area contributed by atoms with Gasteiger partial charge in [0.1, 0.15) is 5.92 Å². The van der Waals surface area contributed by atoms with E-state index < -0.39 is 10.8 Å². The van der Waals surface area contributed by atoms with Gasteiger partial charge in [0.15, 0.2) is 4.87 Å². The zero-order valence-corrected chi connectivity index (χ0v) is 6.42. The van der Waals surface area contributed by atoms with Crippen LogP contribution in [-0.4, -0.2) is 4.87 Å². The molecule has 0 spiro atoms. The SMILES string of the molecule is N#CC1C=CC=CC1(Cl)C#N. The zero-order chi connectivity index (χ0) is 8.32. The Morgan fingerprint density at radius 1 is 1.36 bits per heavy atom. The Balaban J connectivity index is 3.00. The monoisotopic (exact) mass is 164 g/mol. The molecule has 0 saturated heterocycles. The summed E-state index contributed by atoms with van der Waals surface area (Å²) in [7, 11) is 0. The Hall–Kier alpha value is -1.25. The third kappa shape index (κ3) is 1.27. The summed E-state index contributed by atoms with van der Waals surface area (Å²) in [6, 6.07) is 3.84. The van der Waals surface area contributed by atoms with Crippen LogP contribution in [0, 0.1) is 28.6 Å². The van der Waals surface area contributed by atoms with Gasteiger partial charge in [0.2, 0.25) is 0 Å². The third-order valence-electron chi connectivity index (χ3n) is 1.52. The average molecular weight is 165 g/mol. The maximum absolute atomic E-state index is 8.63. The van der Waals surface area contributed by atoms with Crippen LogP contribution in [-0.2, 0) is 0 Å². The van der Waals surface area contributed by atoms with Crippen molar-refractivity contribution in [1.82, 2.24) is 0 Å². The molecule has 2 atom stereocenters. The summed E-state index contributed by atoms with van der Waals surface area (Å²) in [5.74, 6) is -0.542. The molecule has 2 nitrogen and oxygen atoms in total. The molecule has 0 saturated carbocycles. The molecule has 3 heteroatoms. The van der Waals surface area contributed by atoms with Crippen LogP contribution in [0.3, 0.4) is 0 Å². The number of allylic oxidation sites excluding steroid dienone is 4. The van der Waals surface area contributed by atoms with Gasteiger partial charge in [-0.3, -0.25) is 0 Å². The van der Waals surface area contributed by atoms with Gasteiger partial charge in [-0.05, 0) is 6.08 Å². The maximum atomic E-state index is 8.63. The molecular formula is C8H5ClN2. The van der Waals surface area contributed by atoms with Gasteiger partial charge in [0.05, 0.1) is 12.1 Å². The fourth-order valence-corrected chi connectivity index (χ4v) is 1.05. The molecule has 0 amide bonds. The zero-order valence-electron chi connectivity index (χ0n) is 5.66. The summed E-state index contributed by atoms with van der Waals surface area (Å²) in [6.45, 7) is 0. The van der Waals surface area contributed by atoms with Crippen LogP contribution in [0.15, 0.2) is 24.3 Å². The van der Waals surface area contributed by atoms with E-state index in [1.165, 1.54) is 6.08 Å². The molecule has 0 aliphatic heterocycles. The number of hydrogen-bond donors (Lipinski definition) is 0. The standard InChI is InChI=1S/C8H5ClN2/c9-8(6-11)4-2-1-3-7(8)5-10/h1-4,7H. The Bertz CT molecular complexity index is 292. The first kappa shape index (κ1) is 7.85. The largest absolute Gasteiger partial charge is 0.198 e. The second kappa shape index (κ2) is 2.78. The molecule has 1 aliphatic carbocycles. The highest BCUT2D eigenvalue weighted by Gasteiger charge is 2.34. The van der Waals surface area contributed by atoms with Crippen LogP contribution in [0.5, 0.6) is 0 Å². The predicted molar refractivity (Wildman–Crippen MR) is 41.6 cm³/mol. The molecule has 0 heterocycles. The molecule has 0 aromatic rings. The van der Waals surface area contributed by atoms with Gasteiger partial charge in [0.25, 0.3) is 0 Å². The van der Waals surface area contributed by atoms with Gasteiger partial charge in [-0.15, -0.1) is 0 Å². The minimum Gasteiger partial charge on any atom is -0.198 e. The lowest BCUT2D eigenvalue weighted by Gasteiger charge is -2.19. The van der Waals surface area contributed by atoms with E-state index in [9.17, 15) is 0 Å². The normalized spacial score (nSPS) is 34.3. The van der Waals surface area contributed by atoms with Crippen molar-refractivity contribution in [1.29, 1.82) is 10.5 Å². The smallest absolute Gasteiger partial charge is 0.168 e.